The number of methoxy groups -OCH3 is 1. The molecule has 1 amide bonds. The molecule has 1 aromatic heterocycles. The van der Waals surface area contributed by atoms with Crippen molar-refractivity contribution >= 4 is 11.7 Å². The van der Waals surface area contributed by atoms with Crippen LogP contribution in [0.5, 0.6) is 5.75 Å². The second-order valence-corrected chi connectivity index (χ2v) is 7.43. The number of piperidine rings is 1. The van der Waals surface area contributed by atoms with Crippen molar-refractivity contribution in [2.75, 3.05) is 31.6 Å². The number of benzene rings is 1. The van der Waals surface area contributed by atoms with Crippen LogP contribution in [0.25, 0.3) is 0 Å². The normalized spacial score (nSPS) is 22.5. The number of carbonyl (C=O) groups excluding carboxylic acids is 1. The van der Waals surface area contributed by atoms with Crippen LogP contribution in [0.4, 0.5) is 10.2 Å². The van der Waals surface area contributed by atoms with Gasteiger partial charge in [-0.25, -0.2) is 9.37 Å². The molecular formula is C21H24FN3O2. The fourth-order valence-corrected chi connectivity index (χ4v) is 4.30. The van der Waals surface area contributed by atoms with Gasteiger partial charge in [0.15, 0.2) is 0 Å². The van der Waals surface area contributed by atoms with Gasteiger partial charge in [-0.1, -0.05) is 6.07 Å². The molecule has 0 bridgehead atoms. The standard InChI is InChI=1S/C21H24FN3O2/c1-27-17-6-7-18(22)16(13-17)14-24-11-4-8-21(20(24)26)9-12-25(15-21)19-5-2-3-10-23-19/h2-3,5-7,10,13H,4,8-9,11-12,14-15H2,1H3/t21-/m1/s1. The molecule has 142 valence electrons. The summed E-state index contributed by atoms with van der Waals surface area (Å²) in [6.07, 6.45) is 4.42. The van der Waals surface area contributed by atoms with Crippen LogP contribution >= 0.6 is 0 Å². The summed E-state index contributed by atoms with van der Waals surface area (Å²) >= 11 is 0. The molecule has 0 aliphatic carbocycles. The third kappa shape index (κ3) is 3.36. The lowest BCUT2D eigenvalue weighted by molar-refractivity contribution is -0.145. The lowest BCUT2D eigenvalue weighted by Gasteiger charge is -2.39. The van der Waals surface area contributed by atoms with Crippen LogP contribution in [-0.4, -0.2) is 42.5 Å². The summed E-state index contributed by atoms with van der Waals surface area (Å²) in [6.45, 7) is 2.46. The van der Waals surface area contributed by atoms with Gasteiger partial charge in [0, 0.05) is 37.9 Å². The molecule has 0 unspecified atom stereocenters. The van der Waals surface area contributed by atoms with E-state index in [2.05, 4.69) is 9.88 Å². The molecule has 6 heteroatoms. The van der Waals surface area contributed by atoms with Crippen molar-refractivity contribution in [2.45, 2.75) is 25.8 Å². The van der Waals surface area contributed by atoms with Crippen LogP contribution in [-0.2, 0) is 11.3 Å². The van der Waals surface area contributed by atoms with E-state index < -0.39 is 0 Å². The van der Waals surface area contributed by atoms with Gasteiger partial charge in [0.25, 0.3) is 0 Å². The summed E-state index contributed by atoms with van der Waals surface area (Å²) in [4.78, 5) is 21.7. The van der Waals surface area contributed by atoms with Crippen LogP contribution in [0, 0.1) is 11.2 Å². The van der Waals surface area contributed by atoms with E-state index in [0.29, 0.717) is 24.4 Å². The lowest BCUT2D eigenvalue weighted by atomic mass is 9.78. The van der Waals surface area contributed by atoms with Crippen LogP contribution in [0.3, 0.4) is 0 Å². The maximum atomic E-state index is 14.2. The van der Waals surface area contributed by atoms with Gasteiger partial charge >= 0.3 is 0 Å². The molecular weight excluding hydrogens is 345 g/mol. The van der Waals surface area contributed by atoms with Gasteiger partial charge in [-0.05, 0) is 49.6 Å². The SMILES string of the molecule is COc1ccc(F)c(CN2CCC[C@]3(CCN(c4ccccn4)C3)C2=O)c1. The van der Waals surface area contributed by atoms with Crippen molar-refractivity contribution in [1.82, 2.24) is 9.88 Å². The van der Waals surface area contributed by atoms with E-state index >= 15 is 0 Å². The minimum Gasteiger partial charge on any atom is -0.497 e. The van der Waals surface area contributed by atoms with E-state index in [1.54, 1.807) is 25.4 Å². The summed E-state index contributed by atoms with van der Waals surface area (Å²) in [7, 11) is 1.56. The number of anilines is 1. The van der Waals surface area contributed by atoms with Gasteiger partial charge in [0.1, 0.15) is 17.4 Å². The second-order valence-electron chi connectivity index (χ2n) is 7.43. The zero-order valence-corrected chi connectivity index (χ0v) is 15.5. The highest BCUT2D eigenvalue weighted by molar-refractivity contribution is 5.85. The van der Waals surface area contributed by atoms with Gasteiger partial charge in [-0.15, -0.1) is 0 Å². The summed E-state index contributed by atoms with van der Waals surface area (Å²) in [6, 6.07) is 10.5. The molecule has 1 spiro atoms. The van der Waals surface area contributed by atoms with Crippen LogP contribution in [0.1, 0.15) is 24.8 Å². The highest BCUT2D eigenvalue weighted by Crippen LogP contribution is 2.41. The van der Waals surface area contributed by atoms with Crippen molar-refractivity contribution in [3.8, 4) is 5.75 Å². The van der Waals surface area contributed by atoms with Gasteiger partial charge in [-0.2, -0.15) is 0 Å². The average Bonchev–Trinajstić information content (AvgIpc) is 3.13. The van der Waals surface area contributed by atoms with E-state index in [-0.39, 0.29) is 23.7 Å². The first-order valence-electron chi connectivity index (χ1n) is 9.39. The van der Waals surface area contributed by atoms with Crippen LogP contribution in [0.15, 0.2) is 42.6 Å². The molecule has 1 aromatic carbocycles. The molecule has 1 atom stereocenters. The Bertz CT molecular complexity index is 829. The predicted molar refractivity (Wildman–Crippen MR) is 101 cm³/mol. The summed E-state index contributed by atoms with van der Waals surface area (Å²) in [5.74, 6) is 1.35. The van der Waals surface area contributed by atoms with E-state index in [1.807, 2.05) is 23.1 Å². The summed E-state index contributed by atoms with van der Waals surface area (Å²) < 4.78 is 19.4. The van der Waals surface area contributed by atoms with Gasteiger partial charge in [-0.3, -0.25) is 4.79 Å². The number of nitrogens with zero attached hydrogens (tertiary/aromatic N) is 3. The summed E-state index contributed by atoms with van der Waals surface area (Å²) in [5, 5.41) is 0. The number of likely N-dealkylation sites (tertiary alicyclic amines) is 1. The average molecular weight is 369 g/mol. The number of carbonyl (C=O) groups is 1. The van der Waals surface area contributed by atoms with E-state index in [0.717, 1.165) is 31.6 Å². The minimum absolute atomic E-state index is 0.134. The molecule has 2 fully saturated rings. The molecule has 4 rings (SSSR count). The number of ether oxygens (including phenoxy) is 1. The van der Waals surface area contributed by atoms with Gasteiger partial charge in [0.2, 0.25) is 5.91 Å². The molecule has 0 N–H and O–H groups in total. The van der Waals surface area contributed by atoms with E-state index in [4.69, 9.17) is 4.74 Å². The molecule has 27 heavy (non-hydrogen) atoms. The predicted octanol–water partition coefficient (Wildman–Crippen LogP) is 3.25. The van der Waals surface area contributed by atoms with Crippen molar-refractivity contribution in [2.24, 2.45) is 5.41 Å². The topological polar surface area (TPSA) is 45.7 Å². The largest absolute Gasteiger partial charge is 0.497 e. The maximum absolute atomic E-state index is 14.2. The Morgan fingerprint density at radius 2 is 2.11 bits per heavy atom. The fourth-order valence-electron chi connectivity index (χ4n) is 4.30. The fraction of sp³-hybridized carbons (Fsp3) is 0.429. The Morgan fingerprint density at radius 1 is 1.22 bits per heavy atom. The Labute approximate surface area is 158 Å². The molecule has 2 aliphatic heterocycles. The molecule has 0 saturated carbocycles. The number of hydrogen-bond acceptors (Lipinski definition) is 4. The Balaban J connectivity index is 1.52. The molecule has 3 heterocycles. The van der Waals surface area contributed by atoms with Crippen LogP contribution < -0.4 is 9.64 Å². The van der Waals surface area contributed by atoms with Crippen LogP contribution in [0.2, 0.25) is 0 Å². The number of hydrogen-bond donors (Lipinski definition) is 0. The number of pyridine rings is 1. The molecule has 5 nitrogen and oxygen atoms in total. The number of amides is 1. The molecule has 2 saturated heterocycles. The highest BCUT2D eigenvalue weighted by atomic mass is 19.1. The molecule has 2 aliphatic rings. The van der Waals surface area contributed by atoms with Crippen molar-refractivity contribution < 1.29 is 13.9 Å². The van der Waals surface area contributed by atoms with Gasteiger partial charge in [0.05, 0.1) is 12.5 Å². The first kappa shape index (κ1) is 17.8. The smallest absolute Gasteiger partial charge is 0.230 e. The van der Waals surface area contributed by atoms with E-state index in [1.165, 1.54) is 6.07 Å². The molecule has 2 aromatic rings. The lowest BCUT2D eigenvalue weighted by Crippen LogP contribution is -2.49. The quantitative estimate of drug-likeness (QED) is 0.830. The number of aromatic nitrogens is 1. The van der Waals surface area contributed by atoms with E-state index in [9.17, 15) is 9.18 Å². The zero-order chi connectivity index (χ0) is 18.9. The first-order chi connectivity index (χ1) is 13.1. The maximum Gasteiger partial charge on any atom is 0.230 e. The molecule has 0 radical (unpaired) electrons. The monoisotopic (exact) mass is 369 g/mol. The van der Waals surface area contributed by atoms with Crippen molar-refractivity contribution in [3.63, 3.8) is 0 Å². The highest BCUT2D eigenvalue weighted by Gasteiger charge is 2.48. The van der Waals surface area contributed by atoms with Gasteiger partial charge < -0.3 is 14.5 Å². The Kier molecular flexibility index (Phi) is 4.72. The minimum atomic E-state index is -0.384. The first-order valence-corrected chi connectivity index (χ1v) is 9.39. The Morgan fingerprint density at radius 3 is 2.89 bits per heavy atom. The summed E-state index contributed by atoms with van der Waals surface area (Å²) in [5.41, 5.74) is 0.116. The second kappa shape index (κ2) is 7.18. The third-order valence-corrected chi connectivity index (χ3v) is 5.77. The van der Waals surface area contributed by atoms with Crippen molar-refractivity contribution in [1.29, 1.82) is 0 Å². The zero-order valence-electron chi connectivity index (χ0n) is 15.5. The third-order valence-electron chi connectivity index (χ3n) is 5.77. The Hall–Kier alpha value is -2.63. The number of halogens is 1. The van der Waals surface area contributed by atoms with Crippen molar-refractivity contribution in [3.05, 3.63) is 54.0 Å². The number of rotatable bonds is 4.